The van der Waals surface area contributed by atoms with Crippen LogP contribution in [0, 0.1) is 0 Å². The van der Waals surface area contributed by atoms with E-state index < -0.39 is 0 Å². The molecule has 0 saturated heterocycles. The van der Waals surface area contributed by atoms with Crippen LogP contribution in [0.25, 0.3) is 11.1 Å². The van der Waals surface area contributed by atoms with Gasteiger partial charge in [0.25, 0.3) is 0 Å². The van der Waals surface area contributed by atoms with Gasteiger partial charge in [-0.1, -0.05) is 24.3 Å². The van der Waals surface area contributed by atoms with E-state index in [4.69, 9.17) is 0 Å². The van der Waals surface area contributed by atoms with Crippen molar-refractivity contribution in [2.75, 3.05) is 24.3 Å². The summed E-state index contributed by atoms with van der Waals surface area (Å²) in [5.74, 6) is -0.0752. The van der Waals surface area contributed by atoms with Gasteiger partial charge < -0.3 is 10.2 Å². The van der Waals surface area contributed by atoms with Crippen LogP contribution >= 0.6 is 0 Å². The predicted molar refractivity (Wildman–Crippen MR) is 111 cm³/mol. The standard InChI is InChI=1S/C22H22N4O/c1-16(27)23-19-8-4-17(5-9-19)18-6-10-20(11-7-18)24-25-21-12-14-22(15-13-21)26(2)3/h4-15H,1-3H3,(H,23,27). The summed E-state index contributed by atoms with van der Waals surface area (Å²) in [5, 5.41) is 11.3. The zero-order valence-electron chi connectivity index (χ0n) is 15.7. The van der Waals surface area contributed by atoms with E-state index in [-0.39, 0.29) is 5.91 Å². The molecule has 5 nitrogen and oxygen atoms in total. The van der Waals surface area contributed by atoms with Gasteiger partial charge in [-0.15, -0.1) is 0 Å². The number of rotatable bonds is 5. The molecule has 0 radical (unpaired) electrons. The largest absolute Gasteiger partial charge is 0.378 e. The van der Waals surface area contributed by atoms with Gasteiger partial charge in [0.05, 0.1) is 11.4 Å². The number of nitrogens with one attached hydrogen (secondary N) is 1. The molecule has 0 spiro atoms. The Morgan fingerprint density at radius 1 is 0.741 bits per heavy atom. The van der Waals surface area contributed by atoms with Crippen molar-refractivity contribution in [2.24, 2.45) is 10.2 Å². The summed E-state index contributed by atoms with van der Waals surface area (Å²) >= 11 is 0. The van der Waals surface area contributed by atoms with Crippen molar-refractivity contribution in [3.05, 3.63) is 72.8 Å². The molecule has 0 unspecified atom stereocenters. The molecular formula is C22H22N4O. The molecule has 0 aromatic heterocycles. The quantitative estimate of drug-likeness (QED) is 0.587. The van der Waals surface area contributed by atoms with Crippen LogP contribution in [0.3, 0.4) is 0 Å². The molecule has 0 atom stereocenters. The lowest BCUT2D eigenvalue weighted by Crippen LogP contribution is -2.07. The lowest BCUT2D eigenvalue weighted by atomic mass is 10.1. The van der Waals surface area contributed by atoms with Crippen molar-refractivity contribution in [3.63, 3.8) is 0 Å². The number of nitrogens with zero attached hydrogens (tertiary/aromatic N) is 3. The number of azo groups is 1. The monoisotopic (exact) mass is 358 g/mol. The second-order valence-electron chi connectivity index (χ2n) is 6.42. The fraction of sp³-hybridized carbons (Fsp3) is 0.136. The van der Waals surface area contributed by atoms with Gasteiger partial charge in [0, 0.05) is 32.4 Å². The summed E-state index contributed by atoms with van der Waals surface area (Å²) in [5.41, 5.74) is 5.69. The topological polar surface area (TPSA) is 57.1 Å². The van der Waals surface area contributed by atoms with E-state index in [1.165, 1.54) is 6.92 Å². The maximum absolute atomic E-state index is 11.1. The summed E-state index contributed by atoms with van der Waals surface area (Å²) in [6.45, 7) is 1.50. The van der Waals surface area contributed by atoms with Crippen LogP contribution in [-0.4, -0.2) is 20.0 Å². The van der Waals surface area contributed by atoms with Gasteiger partial charge in [0.1, 0.15) is 0 Å². The van der Waals surface area contributed by atoms with E-state index in [1.54, 1.807) is 0 Å². The van der Waals surface area contributed by atoms with Crippen molar-refractivity contribution < 1.29 is 4.79 Å². The molecule has 136 valence electrons. The molecule has 5 heteroatoms. The Balaban J connectivity index is 1.68. The predicted octanol–water partition coefficient (Wildman–Crippen LogP) is 5.79. The van der Waals surface area contributed by atoms with Crippen molar-refractivity contribution in [2.45, 2.75) is 6.92 Å². The van der Waals surface area contributed by atoms with Crippen molar-refractivity contribution in [3.8, 4) is 11.1 Å². The van der Waals surface area contributed by atoms with Crippen molar-refractivity contribution in [1.82, 2.24) is 0 Å². The molecule has 27 heavy (non-hydrogen) atoms. The minimum atomic E-state index is -0.0752. The Labute approximate surface area is 159 Å². The first-order chi connectivity index (χ1) is 13.0. The molecular weight excluding hydrogens is 336 g/mol. The molecule has 0 aliphatic heterocycles. The highest BCUT2D eigenvalue weighted by atomic mass is 16.1. The molecule has 3 aromatic rings. The highest BCUT2D eigenvalue weighted by molar-refractivity contribution is 5.89. The number of carbonyl (C=O) groups is 1. The minimum absolute atomic E-state index is 0.0752. The van der Waals surface area contributed by atoms with Gasteiger partial charge >= 0.3 is 0 Å². The SMILES string of the molecule is CC(=O)Nc1ccc(-c2ccc(N=Nc3ccc(N(C)C)cc3)cc2)cc1. The number of benzene rings is 3. The minimum Gasteiger partial charge on any atom is -0.378 e. The zero-order chi connectivity index (χ0) is 19.2. The number of carbonyl (C=O) groups excluding carboxylic acids is 1. The molecule has 0 saturated carbocycles. The van der Waals surface area contributed by atoms with Crippen LogP contribution in [-0.2, 0) is 4.79 Å². The first-order valence-corrected chi connectivity index (χ1v) is 8.68. The van der Waals surface area contributed by atoms with Gasteiger partial charge in [0.15, 0.2) is 0 Å². The van der Waals surface area contributed by atoms with Crippen LogP contribution in [0.5, 0.6) is 0 Å². The highest BCUT2D eigenvalue weighted by Crippen LogP contribution is 2.26. The average molecular weight is 358 g/mol. The van der Waals surface area contributed by atoms with Crippen molar-refractivity contribution >= 4 is 28.7 Å². The highest BCUT2D eigenvalue weighted by Gasteiger charge is 2.00. The third-order valence-electron chi connectivity index (χ3n) is 4.05. The Kier molecular flexibility index (Phi) is 5.61. The molecule has 1 N–H and O–H groups in total. The Hall–Kier alpha value is -3.47. The van der Waals surface area contributed by atoms with Gasteiger partial charge in [-0.05, 0) is 59.7 Å². The maximum Gasteiger partial charge on any atom is 0.221 e. The molecule has 3 rings (SSSR count). The Morgan fingerprint density at radius 2 is 1.19 bits per heavy atom. The van der Waals surface area contributed by atoms with Gasteiger partial charge in [-0.3, -0.25) is 4.79 Å². The van der Waals surface area contributed by atoms with E-state index in [0.29, 0.717) is 0 Å². The third kappa shape index (κ3) is 5.01. The number of hydrogen-bond acceptors (Lipinski definition) is 4. The van der Waals surface area contributed by atoms with Gasteiger partial charge in [-0.2, -0.15) is 10.2 Å². The van der Waals surface area contributed by atoms with Crippen LogP contribution < -0.4 is 10.2 Å². The van der Waals surface area contributed by atoms with Crippen molar-refractivity contribution in [1.29, 1.82) is 0 Å². The number of anilines is 2. The molecule has 0 aliphatic rings. The normalized spacial score (nSPS) is 10.8. The van der Waals surface area contributed by atoms with Gasteiger partial charge in [0.2, 0.25) is 5.91 Å². The molecule has 0 heterocycles. The first kappa shape index (κ1) is 18.3. The van der Waals surface area contributed by atoms with Crippen LogP contribution in [0.2, 0.25) is 0 Å². The van der Waals surface area contributed by atoms with E-state index in [2.05, 4.69) is 15.5 Å². The van der Waals surface area contributed by atoms with Gasteiger partial charge in [-0.25, -0.2) is 0 Å². The second kappa shape index (κ2) is 8.27. The molecule has 0 fully saturated rings. The number of amides is 1. The number of hydrogen-bond donors (Lipinski definition) is 1. The van der Waals surface area contributed by atoms with E-state index in [1.807, 2.05) is 91.8 Å². The molecule has 0 aliphatic carbocycles. The van der Waals surface area contributed by atoms with Crippen LogP contribution in [0.1, 0.15) is 6.92 Å². The lowest BCUT2D eigenvalue weighted by molar-refractivity contribution is -0.114. The fourth-order valence-electron chi connectivity index (χ4n) is 2.60. The third-order valence-corrected chi connectivity index (χ3v) is 4.05. The summed E-state index contributed by atoms with van der Waals surface area (Å²) in [4.78, 5) is 13.1. The van der Waals surface area contributed by atoms with Crippen LogP contribution in [0.4, 0.5) is 22.7 Å². The maximum atomic E-state index is 11.1. The summed E-state index contributed by atoms with van der Waals surface area (Å²) in [6.07, 6.45) is 0. The average Bonchev–Trinajstić information content (AvgIpc) is 2.67. The van der Waals surface area contributed by atoms with E-state index in [0.717, 1.165) is 33.9 Å². The first-order valence-electron chi connectivity index (χ1n) is 8.68. The zero-order valence-corrected chi connectivity index (χ0v) is 15.7. The van der Waals surface area contributed by atoms with E-state index >= 15 is 0 Å². The summed E-state index contributed by atoms with van der Waals surface area (Å²) in [7, 11) is 4.01. The summed E-state index contributed by atoms with van der Waals surface area (Å²) in [6, 6.07) is 23.6. The second-order valence-corrected chi connectivity index (χ2v) is 6.42. The Morgan fingerprint density at radius 3 is 1.63 bits per heavy atom. The fourth-order valence-corrected chi connectivity index (χ4v) is 2.60. The molecule has 1 amide bonds. The van der Waals surface area contributed by atoms with E-state index in [9.17, 15) is 4.79 Å². The Bertz CT molecular complexity index is 928. The van der Waals surface area contributed by atoms with Crippen LogP contribution in [0.15, 0.2) is 83.0 Å². The summed E-state index contributed by atoms with van der Waals surface area (Å²) < 4.78 is 0. The lowest BCUT2D eigenvalue weighted by Gasteiger charge is -2.11. The smallest absolute Gasteiger partial charge is 0.221 e. The molecule has 3 aromatic carbocycles. The molecule has 0 bridgehead atoms.